The summed E-state index contributed by atoms with van der Waals surface area (Å²) in [5, 5.41) is 1.51. The predicted octanol–water partition coefficient (Wildman–Crippen LogP) is 4.43. The van der Waals surface area contributed by atoms with E-state index in [2.05, 4.69) is 4.98 Å². The molecular formula is C22H25ClN4O3S. The first-order valence-electron chi connectivity index (χ1n) is 9.57. The van der Waals surface area contributed by atoms with Crippen LogP contribution in [0.1, 0.15) is 10.4 Å². The number of hydrogen-bond acceptors (Lipinski definition) is 6. The number of anilines is 1. The van der Waals surface area contributed by atoms with Gasteiger partial charge in [0.15, 0.2) is 5.13 Å². The second-order valence-corrected chi connectivity index (χ2v) is 8.13. The number of aromatic amines is 1. The van der Waals surface area contributed by atoms with Gasteiger partial charge in [0.25, 0.3) is 5.91 Å². The van der Waals surface area contributed by atoms with Gasteiger partial charge < -0.3 is 19.4 Å². The molecular weight excluding hydrogens is 436 g/mol. The Balaban J connectivity index is 0.00000272. The van der Waals surface area contributed by atoms with Gasteiger partial charge in [0.2, 0.25) is 0 Å². The van der Waals surface area contributed by atoms with Crippen LogP contribution in [0, 0.1) is 0 Å². The lowest BCUT2D eigenvalue weighted by molar-refractivity contribution is 0.0987. The summed E-state index contributed by atoms with van der Waals surface area (Å²) in [6.07, 6.45) is 1.77. The number of nitrogens with one attached hydrogen (secondary N) is 1. The van der Waals surface area contributed by atoms with E-state index in [0.717, 1.165) is 15.6 Å². The van der Waals surface area contributed by atoms with E-state index in [0.29, 0.717) is 40.8 Å². The highest BCUT2D eigenvalue weighted by Crippen LogP contribution is 2.40. The number of nitrogens with zero attached hydrogens (tertiary/aromatic N) is 3. The molecule has 2 aromatic heterocycles. The zero-order valence-electron chi connectivity index (χ0n) is 17.8. The van der Waals surface area contributed by atoms with Crippen LogP contribution >= 0.6 is 23.7 Å². The molecule has 0 saturated carbocycles. The lowest BCUT2D eigenvalue weighted by Gasteiger charge is -2.21. The number of halogens is 1. The fourth-order valence-corrected chi connectivity index (χ4v) is 4.47. The fourth-order valence-electron chi connectivity index (χ4n) is 3.37. The third-order valence-electron chi connectivity index (χ3n) is 4.97. The van der Waals surface area contributed by atoms with Gasteiger partial charge in [-0.25, -0.2) is 4.98 Å². The Morgan fingerprint density at radius 1 is 1.06 bits per heavy atom. The molecule has 0 saturated heterocycles. The van der Waals surface area contributed by atoms with E-state index < -0.39 is 0 Å². The van der Waals surface area contributed by atoms with Gasteiger partial charge in [-0.15, -0.1) is 12.4 Å². The van der Waals surface area contributed by atoms with Gasteiger partial charge in [-0.2, -0.15) is 0 Å². The van der Waals surface area contributed by atoms with Crippen molar-refractivity contribution in [3.05, 3.63) is 48.2 Å². The molecule has 4 aromatic rings. The molecule has 0 radical (unpaired) electrons. The number of fused-ring (bicyclic) bond motifs is 2. The molecule has 0 bridgehead atoms. The average molecular weight is 461 g/mol. The second-order valence-electron chi connectivity index (χ2n) is 7.15. The maximum atomic E-state index is 13.6. The molecule has 164 valence electrons. The Bertz CT molecular complexity index is 1160. The van der Waals surface area contributed by atoms with E-state index in [1.54, 1.807) is 25.3 Å². The van der Waals surface area contributed by atoms with E-state index >= 15 is 0 Å². The Hall–Kier alpha value is -2.81. The summed E-state index contributed by atoms with van der Waals surface area (Å²) in [7, 11) is 7.21. The number of thiazole rings is 1. The number of carbonyl (C=O) groups is 1. The average Bonchev–Trinajstić information content (AvgIpc) is 3.37. The van der Waals surface area contributed by atoms with Crippen molar-refractivity contribution in [1.82, 2.24) is 14.9 Å². The number of aromatic nitrogens is 2. The number of hydrogen-bond donors (Lipinski definition) is 1. The molecule has 1 N–H and O–H groups in total. The minimum atomic E-state index is -0.0914. The van der Waals surface area contributed by atoms with Crippen molar-refractivity contribution in [3.63, 3.8) is 0 Å². The summed E-state index contributed by atoms with van der Waals surface area (Å²) >= 11 is 1.43. The third-order valence-corrected chi connectivity index (χ3v) is 6.06. The molecule has 2 aromatic carbocycles. The highest BCUT2D eigenvalue weighted by atomic mass is 35.5. The lowest BCUT2D eigenvalue weighted by Crippen LogP contribution is -2.36. The van der Waals surface area contributed by atoms with E-state index in [4.69, 9.17) is 14.5 Å². The van der Waals surface area contributed by atoms with Crippen LogP contribution in [0.25, 0.3) is 21.1 Å². The van der Waals surface area contributed by atoms with Gasteiger partial charge in [0.1, 0.15) is 21.7 Å². The summed E-state index contributed by atoms with van der Waals surface area (Å²) in [5.74, 6) is 1.27. The minimum Gasteiger partial charge on any atom is -0.495 e. The minimum absolute atomic E-state index is 0. The maximum Gasteiger partial charge on any atom is 0.262 e. The smallest absolute Gasteiger partial charge is 0.262 e. The standard InChI is InChI=1S/C22H24N4O3S.ClH/c1-25(2)11-12-26(21(27)15-13-23-16-8-6-5-7-14(15)16)22-24-19-17(28-3)9-10-18(29-4)20(19)30-22;/h5-10,13,23H,11-12H2,1-4H3;1H. The summed E-state index contributed by atoms with van der Waals surface area (Å²) in [6, 6.07) is 11.5. The first kappa shape index (κ1) is 22.9. The van der Waals surface area contributed by atoms with Crippen molar-refractivity contribution in [2.24, 2.45) is 0 Å². The molecule has 0 aliphatic carbocycles. The van der Waals surface area contributed by atoms with Crippen LogP contribution in [0.2, 0.25) is 0 Å². The van der Waals surface area contributed by atoms with Crippen molar-refractivity contribution in [2.45, 2.75) is 0 Å². The molecule has 0 spiro atoms. The van der Waals surface area contributed by atoms with E-state index in [1.807, 2.05) is 55.4 Å². The monoisotopic (exact) mass is 460 g/mol. The maximum absolute atomic E-state index is 13.6. The first-order valence-corrected chi connectivity index (χ1v) is 10.4. The quantitative estimate of drug-likeness (QED) is 0.442. The van der Waals surface area contributed by atoms with Crippen LogP contribution in [-0.2, 0) is 0 Å². The van der Waals surface area contributed by atoms with Gasteiger partial charge in [0.05, 0.1) is 19.8 Å². The summed E-state index contributed by atoms with van der Waals surface area (Å²) < 4.78 is 11.8. The van der Waals surface area contributed by atoms with Crippen molar-refractivity contribution >= 4 is 55.9 Å². The molecule has 31 heavy (non-hydrogen) atoms. The first-order chi connectivity index (χ1) is 14.5. The number of H-pyrrole nitrogens is 1. The fraction of sp³-hybridized carbons (Fsp3) is 0.273. The number of likely N-dealkylation sites (N-methyl/N-ethyl adjacent to an activating group) is 1. The molecule has 0 atom stereocenters. The largest absolute Gasteiger partial charge is 0.495 e. The number of rotatable bonds is 7. The Morgan fingerprint density at radius 2 is 1.77 bits per heavy atom. The highest BCUT2D eigenvalue weighted by molar-refractivity contribution is 7.22. The normalized spacial score (nSPS) is 11.0. The molecule has 0 aliphatic rings. The zero-order chi connectivity index (χ0) is 21.3. The van der Waals surface area contributed by atoms with Crippen LogP contribution in [-0.4, -0.2) is 62.2 Å². The SMILES string of the molecule is COc1ccc(OC)c2sc(N(CCN(C)C)C(=O)c3c[nH]c4ccccc34)nc12.Cl. The summed E-state index contributed by atoms with van der Waals surface area (Å²) in [4.78, 5) is 25.4. The van der Waals surface area contributed by atoms with Crippen LogP contribution < -0.4 is 14.4 Å². The van der Waals surface area contributed by atoms with Gasteiger partial charge >= 0.3 is 0 Å². The number of amides is 1. The molecule has 4 rings (SSSR count). The van der Waals surface area contributed by atoms with Crippen molar-refractivity contribution < 1.29 is 14.3 Å². The summed E-state index contributed by atoms with van der Waals surface area (Å²) in [5.41, 5.74) is 2.25. The van der Waals surface area contributed by atoms with Crippen LogP contribution in [0.15, 0.2) is 42.6 Å². The van der Waals surface area contributed by atoms with E-state index in [9.17, 15) is 4.79 Å². The highest BCUT2D eigenvalue weighted by Gasteiger charge is 2.25. The van der Waals surface area contributed by atoms with E-state index in [-0.39, 0.29) is 18.3 Å². The second kappa shape index (κ2) is 9.55. The van der Waals surface area contributed by atoms with Gasteiger partial charge in [-0.1, -0.05) is 29.5 Å². The number of benzene rings is 2. The van der Waals surface area contributed by atoms with Crippen molar-refractivity contribution in [2.75, 3.05) is 46.3 Å². The Morgan fingerprint density at radius 3 is 2.48 bits per heavy atom. The molecule has 0 unspecified atom stereocenters. The third kappa shape index (κ3) is 4.32. The molecule has 1 amide bonds. The topological polar surface area (TPSA) is 70.7 Å². The van der Waals surface area contributed by atoms with Crippen LogP contribution in [0.3, 0.4) is 0 Å². The van der Waals surface area contributed by atoms with Crippen LogP contribution in [0.5, 0.6) is 11.5 Å². The molecule has 0 fully saturated rings. The number of methoxy groups -OCH3 is 2. The van der Waals surface area contributed by atoms with Gasteiger partial charge in [0, 0.05) is 30.2 Å². The number of carbonyl (C=O) groups excluding carboxylic acids is 1. The molecule has 2 heterocycles. The lowest BCUT2D eigenvalue weighted by atomic mass is 10.1. The Kier molecular flexibility index (Phi) is 7.04. The molecule has 0 aliphatic heterocycles. The number of para-hydroxylation sites is 1. The van der Waals surface area contributed by atoms with Gasteiger partial charge in [-0.05, 0) is 32.3 Å². The van der Waals surface area contributed by atoms with Crippen molar-refractivity contribution in [3.8, 4) is 11.5 Å². The van der Waals surface area contributed by atoms with Gasteiger partial charge in [-0.3, -0.25) is 9.69 Å². The molecule has 7 nitrogen and oxygen atoms in total. The number of ether oxygens (including phenoxy) is 2. The zero-order valence-corrected chi connectivity index (χ0v) is 19.5. The summed E-state index contributed by atoms with van der Waals surface area (Å²) in [6.45, 7) is 1.22. The Labute approximate surface area is 191 Å². The predicted molar refractivity (Wildman–Crippen MR) is 129 cm³/mol. The molecule has 9 heteroatoms. The van der Waals surface area contributed by atoms with E-state index in [1.165, 1.54) is 11.3 Å². The van der Waals surface area contributed by atoms with Crippen molar-refractivity contribution in [1.29, 1.82) is 0 Å². The van der Waals surface area contributed by atoms with Crippen LogP contribution in [0.4, 0.5) is 5.13 Å².